The highest BCUT2D eigenvalue weighted by atomic mass is 79.9. The predicted octanol–water partition coefficient (Wildman–Crippen LogP) is 4.83. The summed E-state index contributed by atoms with van der Waals surface area (Å²) in [6.45, 7) is 4.25. The van der Waals surface area contributed by atoms with Crippen molar-refractivity contribution in [3.05, 3.63) is 58.1 Å². The minimum absolute atomic E-state index is 0.140. The van der Waals surface area contributed by atoms with Crippen molar-refractivity contribution in [2.75, 3.05) is 12.4 Å². The van der Waals surface area contributed by atoms with E-state index in [9.17, 15) is 4.79 Å². The topological polar surface area (TPSA) is 38.3 Å². The molecule has 0 fully saturated rings. The van der Waals surface area contributed by atoms with Crippen LogP contribution >= 0.6 is 15.9 Å². The molecule has 0 heterocycles. The summed E-state index contributed by atoms with van der Waals surface area (Å²) in [5.41, 5.74) is 2.54. The Morgan fingerprint density at radius 3 is 2.38 bits per heavy atom. The third-order valence-electron chi connectivity index (χ3n) is 3.26. The predicted molar refractivity (Wildman–Crippen MR) is 89.2 cm³/mol. The van der Waals surface area contributed by atoms with Crippen LogP contribution in [0.25, 0.3) is 0 Å². The number of amides is 1. The van der Waals surface area contributed by atoms with Gasteiger partial charge in [-0.3, -0.25) is 4.79 Å². The summed E-state index contributed by atoms with van der Waals surface area (Å²) in [7, 11) is 1.60. The quantitative estimate of drug-likeness (QED) is 0.859. The van der Waals surface area contributed by atoms with Gasteiger partial charge in [-0.15, -0.1) is 0 Å². The molecule has 3 nitrogen and oxygen atoms in total. The molecular weight excluding hydrogens is 330 g/mol. The molecule has 0 radical (unpaired) electrons. The fourth-order valence-corrected chi connectivity index (χ4v) is 2.29. The highest BCUT2D eigenvalue weighted by Gasteiger charge is 2.10. The molecule has 0 bridgehead atoms. The zero-order valence-corrected chi connectivity index (χ0v) is 13.9. The van der Waals surface area contributed by atoms with E-state index in [-0.39, 0.29) is 5.91 Å². The van der Waals surface area contributed by atoms with Gasteiger partial charge in [0.05, 0.1) is 12.8 Å². The molecule has 2 aromatic carbocycles. The van der Waals surface area contributed by atoms with Crippen molar-refractivity contribution in [2.45, 2.75) is 19.8 Å². The van der Waals surface area contributed by atoms with Crippen LogP contribution < -0.4 is 10.1 Å². The molecule has 2 rings (SSSR count). The maximum atomic E-state index is 12.3. The summed E-state index contributed by atoms with van der Waals surface area (Å²) in [6, 6.07) is 13.1. The maximum Gasteiger partial charge on any atom is 0.255 e. The number of rotatable bonds is 4. The zero-order valence-electron chi connectivity index (χ0n) is 12.3. The number of hydrogen-bond acceptors (Lipinski definition) is 2. The van der Waals surface area contributed by atoms with Crippen LogP contribution in [0.4, 0.5) is 5.69 Å². The van der Waals surface area contributed by atoms with Gasteiger partial charge in [0, 0.05) is 16.1 Å². The summed E-state index contributed by atoms with van der Waals surface area (Å²) in [5.74, 6) is 1.01. The summed E-state index contributed by atoms with van der Waals surface area (Å²) >= 11 is 3.42. The van der Waals surface area contributed by atoms with Gasteiger partial charge in [0.2, 0.25) is 0 Å². The van der Waals surface area contributed by atoms with Crippen molar-refractivity contribution < 1.29 is 9.53 Å². The minimum atomic E-state index is -0.140. The van der Waals surface area contributed by atoms with Crippen molar-refractivity contribution in [3.63, 3.8) is 0 Å². The number of anilines is 1. The van der Waals surface area contributed by atoms with E-state index < -0.39 is 0 Å². The van der Waals surface area contributed by atoms with Gasteiger partial charge in [-0.1, -0.05) is 26.0 Å². The second kappa shape index (κ2) is 6.76. The first-order valence-electron chi connectivity index (χ1n) is 6.76. The zero-order chi connectivity index (χ0) is 15.4. The Labute approximate surface area is 133 Å². The number of halogens is 1. The number of hydrogen-bond donors (Lipinski definition) is 1. The van der Waals surface area contributed by atoms with Crippen LogP contribution in [0, 0.1) is 0 Å². The van der Waals surface area contributed by atoms with Gasteiger partial charge < -0.3 is 10.1 Å². The molecular formula is C17H18BrNO2. The fourth-order valence-electron chi connectivity index (χ4n) is 1.94. The Hall–Kier alpha value is -1.81. The van der Waals surface area contributed by atoms with E-state index in [1.165, 1.54) is 5.56 Å². The lowest BCUT2D eigenvalue weighted by Crippen LogP contribution is -2.12. The average Bonchev–Trinajstić information content (AvgIpc) is 2.49. The van der Waals surface area contributed by atoms with Gasteiger partial charge in [0.25, 0.3) is 5.91 Å². The van der Waals surface area contributed by atoms with Gasteiger partial charge in [-0.05, 0) is 51.7 Å². The molecule has 0 aliphatic heterocycles. The van der Waals surface area contributed by atoms with E-state index >= 15 is 0 Å². The van der Waals surface area contributed by atoms with Crippen molar-refractivity contribution in [3.8, 4) is 5.75 Å². The van der Waals surface area contributed by atoms with Gasteiger partial charge in [-0.25, -0.2) is 0 Å². The Balaban J connectivity index is 2.17. The summed E-state index contributed by atoms with van der Waals surface area (Å²) in [4.78, 5) is 12.3. The molecule has 0 atom stereocenters. The first-order chi connectivity index (χ1) is 10.0. The molecule has 110 valence electrons. The largest absolute Gasteiger partial charge is 0.497 e. The molecule has 0 aliphatic carbocycles. The lowest BCUT2D eigenvalue weighted by Gasteiger charge is -2.10. The van der Waals surface area contributed by atoms with E-state index in [1.54, 1.807) is 13.2 Å². The van der Waals surface area contributed by atoms with Crippen LogP contribution in [0.1, 0.15) is 35.7 Å². The molecule has 0 unspecified atom stereocenters. The first kappa shape index (κ1) is 15.6. The molecule has 0 spiro atoms. The van der Waals surface area contributed by atoms with Crippen molar-refractivity contribution >= 4 is 27.5 Å². The summed E-state index contributed by atoms with van der Waals surface area (Å²) < 4.78 is 5.98. The normalized spacial score (nSPS) is 10.5. The molecule has 2 aromatic rings. The maximum absolute atomic E-state index is 12.3. The summed E-state index contributed by atoms with van der Waals surface area (Å²) in [5, 5.41) is 2.88. The van der Waals surface area contributed by atoms with Crippen LogP contribution in [0.2, 0.25) is 0 Å². The second-order valence-electron chi connectivity index (χ2n) is 5.08. The molecule has 0 aliphatic rings. The monoisotopic (exact) mass is 347 g/mol. The number of benzene rings is 2. The SMILES string of the molecule is COc1ccc(Br)c(NC(=O)c2ccc(C(C)C)cc2)c1. The van der Waals surface area contributed by atoms with Crippen LogP contribution in [0.5, 0.6) is 5.75 Å². The van der Waals surface area contributed by atoms with Gasteiger partial charge in [0.1, 0.15) is 5.75 Å². The molecule has 1 amide bonds. The standard InChI is InChI=1S/C17H18BrNO2/c1-11(2)12-4-6-13(7-5-12)17(20)19-16-10-14(21-3)8-9-15(16)18/h4-11H,1-3H3,(H,19,20). The smallest absolute Gasteiger partial charge is 0.255 e. The van der Waals surface area contributed by atoms with Gasteiger partial charge >= 0.3 is 0 Å². The van der Waals surface area contributed by atoms with Crippen molar-refractivity contribution in [2.24, 2.45) is 0 Å². The van der Waals surface area contributed by atoms with Crippen LogP contribution in [-0.2, 0) is 0 Å². The Morgan fingerprint density at radius 2 is 1.81 bits per heavy atom. The molecule has 0 saturated heterocycles. The van der Waals surface area contributed by atoms with Crippen molar-refractivity contribution in [1.29, 1.82) is 0 Å². The highest BCUT2D eigenvalue weighted by Crippen LogP contribution is 2.27. The first-order valence-corrected chi connectivity index (χ1v) is 7.55. The third kappa shape index (κ3) is 3.85. The summed E-state index contributed by atoms with van der Waals surface area (Å²) in [6.07, 6.45) is 0. The minimum Gasteiger partial charge on any atom is -0.497 e. The van der Waals surface area contributed by atoms with E-state index in [2.05, 4.69) is 35.1 Å². The third-order valence-corrected chi connectivity index (χ3v) is 3.95. The Kier molecular flexibility index (Phi) is 5.02. The molecule has 4 heteroatoms. The number of carbonyl (C=O) groups excluding carboxylic acids is 1. The Bertz CT molecular complexity index is 636. The molecule has 0 aromatic heterocycles. The highest BCUT2D eigenvalue weighted by molar-refractivity contribution is 9.10. The van der Waals surface area contributed by atoms with Gasteiger partial charge in [0.15, 0.2) is 0 Å². The lowest BCUT2D eigenvalue weighted by molar-refractivity contribution is 0.102. The van der Waals surface area contributed by atoms with Gasteiger partial charge in [-0.2, -0.15) is 0 Å². The molecule has 1 N–H and O–H groups in total. The van der Waals surface area contributed by atoms with E-state index in [0.29, 0.717) is 22.9 Å². The Morgan fingerprint density at radius 1 is 1.14 bits per heavy atom. The lowest BCUT2D eigenvalue weighted by atomic mass is 10.0. The number of ether oxygens (including phenoxy) is 1. The van der Waals surface area contributed by atoms with E-state index in [4.69, 9.17) is 4.74 Å². The fraction of sp³-hybridized carbons (Fsp3) is 0.235. The molecule has 0 saturated carbocycles. The van der Waals surface area contributed by atoms with E-state index in [0.717, 1.165) is 4.47 Å². The van der Waals surface area contributed by atoms with Crippen LogP contribution in [0.15, 0.2) is 46.9 Å². The number of carbonyl (C=O) groups is 1. The number of nitrogens with one attached hydrogen (secondary N) is 1. The molecule has 21 heavy (non-hydrogen) atoms. The van der Waals surface area contributed by atoms with Crippen LogP contribution in [0.3, 0.4) is 0 Å². The number of methoxy groups -OCH3 is 1. The van der Waals surface area contributed by atoms with Crippen LogP contribution in [-0.4, -0.2) is 13.0 Å². The van der Waals surface area contributed by atoms with Crippen molar-refractivity contribution in [1.82, 2.24) is 0 Å². The second-order valence-corrected chi connectivity index (χ2v) is 5.93. The van der Waals surface area contributed by atoms with E-state index in [1.807, 2.05) is 36.4 Å². The average molecular weight is 348 g/mol.